The molecular formula is C20H19ClN2O. The number of hydrogen-bond donors (Lipinski definition) is 1. The van der Waals surface area contributed by atoms with Crippen LogP contribution in [0.4, 0.5) is 0 Å². The summed E-state index contributed by atoms with van der Waals surface area (Å²) in [5, 5.41) is 4.71. The Morgan fingerprint density at radius 2 is 1.79 bits per heavy atom. The lowest BCUT2D eigenvalue weighted by Gasteiger charge is -2.01. The van der Waals surface area contributed by atoms with Gasteiger partial charge in [-0.3, -0.25) is 4.79 Å². The fourth-order valence-electron chi connectivity index (χ4n) is 1.94. The second-order valence-electron chi connectivity index (χ2n) is 5.22. The lowest BCUT2D eigenvalue weighted by atomic mass is 10.1. The van der Waals surface area contributed by atoms with Gasteiger partial charge in [-0.25, -0.2) is 5.43 Å². The van der Waals surface area contributed by atoms with Crippen LogP contribution >= 0.6 is 11.6 Å². The van der Waals surface area contributed by atoms with E-state index in [1.165, 1.54) is 0 Å². The first-order chi connectivity index (χ1) is 11.6. The minimum Gasteiger partial charge on any atom is -0.273 e. The van der Waals surface area contributed by atoms with E-state index < -0.39 is 0 Å². The van der Waals surface area contributed by atoms with Gasteiger partial charge in [-0.05, 0) is 36.3 Å². The van der Waals surface area contributed by atoms with E-state index in [-0.39, 0.29) is 12.3 Å². The van der Waals surface area contributed by atoms with Gasteiger partial charge in [0.2, 0.25) is 5.91 Å². The molecule has 122 valence electrons. The fraction of sp³-hybridized carbons (Fsp3) is 0.100. The molecule has 0 atom stereocenters. The summed E-state index contributed by atoms with van der Waals surface area (Å²) >= 11 is 5.81. The number of amides is 1. The zero-order valence-electron chi connectivity index (χ0n) is 13.4. The molecule has 1 amide bonds. The Hall–Kier alpha value is -2.65. The molecular weight excluding hydrogens is 320 g/mol. The molecule has 0 aliphatic carbocycles. The number of nitrogens with one attached hydrogen (secondary N) is 1. The Morgan fingerprint density at radius 1 is 1.08 bits per heavy atom. The van der Waals surface area contributed by atoms with Crippen LogP contribution in [0.3, 0.4) is 0 Å². The van der Waals surface area contributed by atoms with E-state index in [1.807, 2.05) is 73.7 Å². The summed E-state index contributed by atoms with van der Waals surface area (Å²) < 4.78 is 0. The molecule has 3 nitrogen and oxygen atoms in total. The molecule has 0 spiro atoms. The summed E-state index contributed by atoms with van der Waals surface area (Å²) in [5.74, 6) is -0.162. The Kier molecular flexibility index (Phi) is 6.99. The van der Waals surface area contributed by atoms with E-state index in [9.17, 15) is 4.79 Å². The summed E-state index contributed by atoms with van der Waals surface area (Å²) in [4.78, 5) is 11.8. The number of carbonyl (C=O) groups is 1. The van der Waals surface area contributed by atoms with Gasteiger partial charge in [-0.1, -0.05) is 72.3 Å². The van der Waals surface area contributed by atoms with Crippen LogP contribution < -0.4 is 5.43 Å². The molecule has 2 rings (SSSR count). The number of halogens is 1. The maximum atomic E-state index is 11.8. The largest absolute Gasteiger partial charge is 0.273 e. The van der Waals surface area contributed by atoms with Crippen molar-refractivity contribution in [3.05, 3.63) is 89.0 Å². The molecule has 1 N–H and O–H groups in total. The van der Waals surface area contributed by atoms with E-state index in [2.05, 4.69) is 10.5 Å². The number of nitrogens with zero attached hydrogens (tertiary/aromatic N) is 1. The van der Waals surface area contributed by atoms with Gasteiger partial charge in [0.25, 0.3) is 0 Å². The van der Waals surface area contributed by atoms with Gasteiger partial charge in [-0.2, -0.15) is 5.10 Å². The third-order valence-electron chi connectivity index (χ3n) is 3.17. The number of hydrogen-bond acceptors (Lipinski definition) is 2. The maximum absolute atomic E-state index is 11.8. The quantitative estimate of drug-likeness (QED) is 0.465. The topological polar surface area (TPSA) is 41.5 Å². The highest BCUT2D eigenvalue weighted by Crippen LogP contribution is 2.09. The maximum Gasteiger partial charge on any atom is 0.244 e. The molecule has 0 aliphatic rings. The first-order valence-corrected chi connectivity index (χ1v) is 7.98. The molecule has 0 saturated carbocycles. The summed E-state index contributed by atoms with van der Waals surface area (Å²) in [6.07, 6.45) is 7.93. The highest BCUT2D eigenvalue weighted by molar-refractivity contribution is 6.30. The Morgan fingerprint density at radius 3 is 2.50 bits per heavy atom. The third-order valence-corrected chi connectivity index (χ3v) is 3.42. The van der Waals surface area contributed by atoms with E-state index in [0.717, 1.165) is 16.8 Å². The van der Waals surface area contributed by atoms with Gasteiger partial charge in [-0.15, -0.1) is 0 Å². The van der Waals surface area contributed by atoms with Crippen molar-refractivity contribution >= 4 is 29.3 Å². The molecule has 0 radical (unpaired) electrons. The van der Waals surface area contributed by atoms with Crippen molar-refractivity contribution in [2.45, 2.75) is 13.3 Å². The Labute approximate surface area is 147 Å². The van der Waals surface area contributed by atoms with Gasteiger partial charge >= 0.3 is 0 Å². The Balaban J connectivity index is 1.80. The predicted octanol–water partition coefficient (Wildman–Crippen LogP) is 4.64. The van der Waals surface area contributed by atoms with Gasteiger partial charge in [0.05, 0.1) is 12.1 Å². The monoisotopic (exact) mass is 338 g/mol. The zero-order valence-corrected chi connectivity index (χ0v) is 14.2. The van der Waals surface area contributed by atoms with Crippen molar-refractivity contribution in [2.75, 3.05) is 0 Å². The summed E-state index contributed by atoms with van der Waals surface area (Å²) in [7, 11) is 0. The molecule has 0 aliphatic heterocycles. The minimum absolute atomic E-state index is 0.162. The fourth-order valence-corrected chi connectivity index (χ4v) is 2.07. The summed E-state index contributed by atoms with van der Waals surface area (Å²) in [6, 6.07) is 17.2. The summed E-state index contributed by atoms with van der Waals surface area (Å²) in [6.45, 7) is 1.83. The lowest BCUT2D eigenvalue weighted by Crippen LogP contribution is -2.20. The molecule has 0 unspecified atom stereocenters. The highest BCUT2D eigenvalue weighted by Gasteiger charge is 2.01. The minimum atomic E-state index is -0.162. The standard InChI is InChI=1S/C20H19ClN2O/c1-16(7-5-6-10-17-8-3-2-4-9-17)22-23-20(24)15-18-11-13-19(21)14-12-18/h2-14H,15H2,1H3,(H,23,24)/b7-5+,10-6+,22-16-. The van der Waals surface area contributed by atoms with Crippen LogP contribution in [0, 0.1) is 0 Å². The summed E-state index contributed by atoms with van der Waals surface area (Å²) in [5.41, 5.74) is 5.29. The van der Waals surface area contributed by atoms with Crippen molar-refractivity contribution in [1.29, 1.82) is 0 Å². The number of rotatable bonds is 6. The van der Waals surface area contributed by atoms with Crippen molar-refractivity contribution in [3.63, 3.8) is 0 Å². The van der Waals surface area contributed by atoms with Crippen molar-refractivity contribution in [1.82, 2.24) is 5.43 Å². The molecule has 0 saturated heterocycles. The van der Waals surface area contributed by atoms with Crippen molar-refractivity contribution in [2.24, 2.45) is 5.10 Å². The second-order valence-corrected chi connectivity index (χ2v) is 5.66. The first-order valence-electron chi connectivity index (χ1n) is 7.61. The van der Waals surface area contributed by atoms with Crippen molar-refractivity contribution in [3.8, 4) is 0 Å². The SMILES string of the molecule is CC(/C=C/C=C/c1ccccc1)=N/NC(=O)Cc1ccc(Cl)cc1. The van der Waals surface area contributed by atoms with Crippen LogP contribution in [0.15, 0.2) is 77.9 Å². The van der Waals surface area contributed by atoms with Crippen LogP contribution in [0.1, 0.15) is 18.1 Å². The molecule has 0 fully saturated rings. The molecule has 4 heteroatoms. The first kappa shape index (κ1) is 17.7. The number of allylic oxidation sites excluding steroid dienone is 3. The molecule has 2 aromatic rings. The van der Waals surface area contributed by atoms with Crippen molar-refractivity contribution < 1.29 is 4.79 Å². The van der Waals surface area contributed by atoms with Gasteiger partial charge in [0.15, 0.2) is 0 Å². The number of hydrazone groups is 1. The average molecular weight is 339 g/mol. The van der Waals surface area contributed by atoms with Gasteiger partial charge in [0, 0.05) is 5.02 Å². The zero-order chi connectivity index (χ0) is 17.2. The van der Waals surface area contributed by atoms with E-state index in [0.29, 0.717) is 5.02 Å². The average Bonchev–Trinajstić information content (AvgIpc) is 2.60. The molecule has 2 aromatic carbocycles. The normalized spacial score (nSPS) is 12.0. The van der Waals surface area contributed by atoms with Crippen LogP contribution in [-0.4, -0.2) is 11.6 Å². The highest BCUT2D eigenvalue weighted by atomic mass is 35.5. The van der Waals surface area contributed by atoms with Crippen LogP contribution in [0.5, 0.6) is 0 Å². The predicted molar refractivity (Wildman–Crippen MR) is 101 cm³/mol. The smallest absolute Gasteiger partial charge is 0.244 e. The van der Waals surface area contributed by atoms with E-state index >= 15 is 0 Å². The van der Waals surface area contributed by atoms with Gasteiger partial charge < -0.3 is 0 Å². The van der Waals surface area contributed by atoms with E-state index in [1.54, 1.807) is 12.1 Å². The van der Waals surface area contributed by atoms with Crippen LogP contribution in [0.2, 0.25) is 5.02 Å². The Bertz CT molecular complexity index is 747. The number of carbonyl (C=O) groups excluding carboxylic acids is 1. The molecule has 24 heavy (non-hydrogen) atoms. The van der Waals surface area contributed by atoms with E-state index in [4.69, 9.17) is 11.6 Å². The molecule has 0 aromatic heterocycles. The number of benzene rings is 2. The van der Waals surface area contributed by atoms with Gasteiger partial charge in [0.1, 0.15) is 0 Å². The lowest BCUT2D eigenvalue weighted by molar-refractivity contribution is -0.120. The second kappa shape index (κ2) is 9.48. The van der Waals surface area contributed by atoms with Crippen LogP contribution in [0.25, 0.3) is 6.08 Å². The van der Waals surface area contributed by atoms with Crippen LogP contribution in [-0.2, 0) is 11.2 Å². The molecule has 0 bridgehead atoms. The third kappa shape index (κ3) is 6.63. The molecule has 0 heterocycles.